The van der Waals surface area contributed by atoms with E-state index in [1.807, 2.05) is 77.9 Å². The number of anilines is 1. The van der Waals surface area contributed by atoms with Crippen molar-refractivity contribution < 1.29 is 4.79 Å². The van der Waals surface area contributed by atoms with Crippen molar-refractivity contribution in [2.45, 2.75) is 19.0 Å². The van der Waals surface area contributed by atoms with Gasteiger partial charge in [0.05, 0.1) is 11.4 Å². The van der Waals surface area contributed by atoms with E-state index < -0.39 is 0 Å². The van der Waals surface area contributed by atoms with Crippen molar-refractivity contribution in [1.29, 1.82) is 0 Å². The van der Waals surface area contributed by atoms with Crippen molar-refractivity contribution in [2.24, 2.45) is 0 Å². The van der Waals surface area contributed by atoms with Crippen LogP contribution < -0.4 is 4.90 Å². The molecule has 4 aromatic rings. The number of aryl methyl sites for hydroxylation is 1. The zero-order valence-corrected chi connectivity index (χ0v) is 17.3. The number of benzene rings is 3. The molecule has 0 aliphatic rings. The van der Waals surface area contributed by atoms with Gasteiger partial charge in [0.2, 0.25) is 5.91 Å². The number of thioether (sulfide) groups is 1. The van der Waals surface area contributed by atoms with Gasteiger partial charge in [-0.2, -0.15) is 0 Å². The Bertz CT molecular complexity index is 1130. The number of hydrogen-bond acceptors (Lipinski definition) is 4. The molecule has 1 aromatic heterocycles. The summed E-state index contributed by atoms with van der Waals surface area (Å²) in [6, 6.07) is 24.2. The summed E-state index contributed by atoms with van der Waals surface area (Å²) in [6.07, 6.45) is 0. The Morgan fingerprint density at radius 2 is 1.69 bits per heavy atom. The van der Waals surface area contributed by atoms with Crippen molar-refractivity contribution in [3.05, 3.63) is 78.6 Å². The molecule has 0 spiro atoms. The van der Waals surface area contributed by atoms with E-state index in [0.717, 1.165) is 33.1 Å². The SMILES string of the molecule is CCN(C(=O)CSc1nnc(C)n1-c1ccccc1)c1cccc2ccccc12. The van der Waals surface area contributed by atoms with Gasteiger partial charge in [-0.15, -0.1) is 10.2 Å². The quantitative estimate of drug-likeness (QED) is 0.432. The fraction of sp³-hybridized carbons (Fsp3) is 0.174. The molecular formula is C23H22N4OS. The lowest BCUT2D eigenvalue weighted by Crippen LogP contribution is -2.32. The number of hydrogen-bond donors (Lipinski definition) is 0. The normalized spacial score (nSPS) is 11.0. The Hall–Kier alpha value is -3.12. The molecule has 0 N–H and O–H groups in total. The molecule has 146 valence electrons. The number of fused-ring (bicyclic) bond motifs is 1. The van der Waals surface area contributed by atoms with E-state index in [9.17, 15) is 4.79 Å². The Morgan fingerprint density at radius 1 is 0.966 bits per heavy atom. The first-order valence-corrected chi connectivity index (χ1v) is 10.6. The number of aromatic nitrogens is 3. The maximum atomic E-state index is 13.1. The second kappa shape index (κ2) is 8.49. The smallest absolute Gasteiger partial charge is 0.237 e. The Morgan fingerprint density at radius 3 is 2.48 bits per heavy atom. The molecular weight excluding hydrogens is 380 g/mol. The lowest BCUT2D eigenvalue weighted by atomic mass is 10.1. The third-order valence-electron chi connectivity index (χ3n) is 4.81. The molecule has 4 rings (SSSR count). The van der Waals surface area contributed by atoms with Crippen LogP contribution in [-0.2, 0) is 4.79 Å². The van der Waals surface area contributed by atoms with Crippen LogP contribution in [0.1, 0.15) is 12.7 Å². The van der Waals surface area contributed by atoms with Gasteiger partial charge in [0.15, 0.2) is 5.16 Å². The Balaban J connectivity index is 1.57. The minimum atomic E-state index is 0.0501. The molecule has 3 aromatic carbocycles. The number of rotatable bonds is 6. The van der Waals surface area contributed by atoms with Crippen LogP contribution in [0.2, 0.25) is 0 Å². The summed E-state index contributed by atoms with van der Waals surface area (Å²) in [5.74, 6) is 1.14. The van der Waals surface area contributed by atoms with Crippen LogP contribution in [0.4, 0.5) is 5.69 Å². The molecule has 0 saturated carbocycles. The van der Waals surface area contributed by atoms with Crippen molar-refractivity contribution in [3.63, 3.8) is 0 Å². The minimum Gasteiger partial charge on any atom is -0.311 e. The Labute approximate surface area is 174 Å². The van der Waals surface area contributed by atoms with E-state index in [2.05, 4.69) is 28.4 Å². The van der Waals surface area contributed by atoms with Crippen LogP contribution in [-0.4, -0.2) is 33.0 Å². The number of carbonyl (C=O) groups is 1. The van der Waals surface area contributed by atoms with E-state index in [0.29, 0.717) is 12.3 Å². The number of para-hydroxylation sites is 1. The zero-order chi connectivity index (χ0) is 20.2. The highest BCUT2D eigenvalue weighted by molar-refractivity contribution is 7.99. The van der Waals surface area contributed by atoms with Crippen molar-refractivity contribution >= 4 is 34.1 Å². The molecule has 1 heterocycles. The van der Waals surface area contributed by atoms with Gasteiger partial charge in [-0.1, -0.05) is 66.4 Å². The van der Waals surface area contributed by atoms with E-state index in [1.54, 1.807) is 0 Å². The highest BCUT2D eigenvalue weighted by Gasteiger charge is 2.19. The number of carbonyl (C=O) groups excluding carboxylic acids is 1. The average Bonchev–Trinajstić information content (AvgIpc) is 3.14. The molecule has 0 fully saturated rings. The summed E-state index contributed by atoms with van der Waals surface area (Å²) in [4.78, 5) is 14.9. The fourth-order valence-corrected chi connectivity index (χ4v) is 4.31. The highest BCUT2D eigenvalue weighted by atomic mass is 32.2. The van der Waals surface area contributed by atoms with Gasteiger partial charge in [0.1, 0.15) is 5.82 Å². The lowest BCUT2D eigenvalue weighted by molar-refractivity contribution is -0.116. The molecule has 6 heteroatoms. The molecule has 0 aliphatic heterocycles. The summed E-state index contributed by atoms with van der Waals surface area (Å²) in [5, 5.41) is 11.4. The lowest BCUT2D eigenvalue weighted by Gasteiger charge is -2.22. The minimum absolute atomic E-state index is 0.0501. The largest absolute Gasteiger partial charge is 0.311 e. The molecule has 0 radical (unpaired) electrons. The van der Waals surface area contributed by atoms with Crippen molar-refractivity contribution in [3.8, 4) is 5.69 Å². The molecule has 0 aliphatic carbocycles. The van der Waals surface area contributed by atoms with Crippen LogP contribution >= 0.6 is 11.8 Å². The molecule has 0 saturated heterocycles. The van der Waals surface area contributed by atoms with E-state index in [-0.39, 0.29) is 5.91 Å². The summed E-state index contributed by atoms with van der Waals surface area (Å²) >= 11 is 1.41. The standard InChI is InChI=1S/C23H22N4OS/c1-3-26(21-15-9-11-18-10-7-8-14-20(18)21)22(28)16-29-23-25-24-17(2)27(23)19-12-5-4-6-13-19/h4-15H,3,16H2,1-2H3. The van der Waals surface area contributed by atoms with Gasteiger partial charge in [-0.3, -0.25) is 9.36 Å². The van der Waals surface area contributed by atoms with Crippen molar-refractivity contribution in [2.75, 3.05) is 17.2 Å². The van der Waals surface area contributed by atoms with Crippen LogP contribution in [0.15, 0.2) is 78.0 Å². The predicted molar refractivity (Wildman–Crippen MR) is 119 cm³/mol. The van der Waals surface area contributed by atoms with Gasteiger partial charge in [-0.05, 0) is 37.4 Å². The maximum Gasteiger partial charge on any atom is 0.237 e. The Kier molecular flexibility index (Phi) is 5.62. The first kappa shape index (κ1) is 19.2. The summed E-state index contributed by atoms with van der Waals surface area (Å²) in [6.45, 7) is 4.53. The van der Waals surface area contributed by atoms with Crippen LogP contribution in [0, 0.1) is 6.92 Å². The molecule has 5 nitrogen and oxygen atoms in total. The van der Waals surface area contributed by atoms with E-state index >= 15 is 0 Å². The molecule has 0 bridgehead atoms. The first-order valence-electron chi connectivity index (χ1n) is 9.57. The number of amides is 1. The van der Waals surface area contributed by atoms with Crippen LogP contribution in [0.25, 0.3) is 16.5 Å². The number of nitrogens with zero attached hydrogens (tertiary/aromatic N) is 4. The van der Waals surface area contributed by atoms with Gasteiger partial charge in [-0.25, -0.2) is 0 Å². The van der Waals surface area contributed by atoms with Gasteiger partial charge >= 0.3 is 0 Å². The highest BCUT2D eigenvalue weighted by Crippen LogP contribution is 2.28. The third-order valence-corrected chi connectivity index (χ3v) is 5.72. The topological polar surface area (TPSA) is 51.0 Å². The second-order valence-corrected chi connectivity index (χ2v) is 7.57. The molecule has 0 unspecified atom stereocenters. The van der Waals surface area contributed by atoms with Gasteiger partial charge < -0.3 is 4.90 Å². The second-order valence-electron chi connectivity index (χ2n) is 6.63. The van der Waals surface area contributed by atoms with E-state index in [4.69, 9.17) is 0 Å². The fourth-order valence-electron chi connectivity index (χ4n) is 3.44. The third kappa shape index (κ3) is 3.89. The van der Waals surface area contributed by atoms with Crippen LogP contribution in [0.3, 0.4) is 0 Å². The van der Waals surface area contributed by atoms with Crippen molar-refractivity contribution in [1.82, 2.24) is 14.8 Å². The van der Waals surface area contributed by atoms with Crippen LogP contribution in [0.5, 0.6) is 0 Å². The summed E-state index contributed by atoms with van der Waals surface area (Å²) in [7, 11) is 0. The van der Waals surface area contributed by atoms with E-state index in [1.165, 1.54) is 11.8 Å². The first-order chi connectivity index (χ1) is 14.2. The summed E-state index contributed by atoms with van der Waals surface area (Å²) < 4.78 is 1.98. The van der Waals surface area contributed by atoms with Gasteiger partial charge in [0.25, 0.3) is 0 Å². The van der Waals surface area contributed by atoms with Gasteiger partial charge in [0, 0.05) is 17.6 Å². The predicted octanol–water partition coefficient (Wildman–Crippen LogP) is 4.87. The summed E-state index contributed by atoms with van der Waals surface area (Å²) in [5.41, 5.74) is 1.93. The zero-order valence-electron chi connectivity index (χ0n) is 16.4. The maximum absolute atomic E-state index is 13.1. The molecule has 0 atom stereocenters. The molecule has 29 heavy (non-hydrogen) atoms. The monoisotopic (exact) mass is 402 g/mol. The average molecular weight is 403 g/mol. The molecule has 1 amide bonds.